The van der Waals surface area contributed by atoms with Crippen LogP contribution in [0.2, 0.25) is 0 Å². The third-order valence-corrected chi connectivity index (χ3v) is 2.19. The fourth-order valence-corrected chi connectivity index (χ4v) is 1.42. The lowest BCUT2D eigenvalue weighted by molar-refractivity contribution is 0.301. The van der Waals surface area contributed by atoms with Crippen LogP contribution in [-0.4, -0.2) is 16.1 Å². The lowest BCUT2D eigenvalue weighted by Crippen LogP contribution is -2.06. The number of ether oxygens (including phenoxy) is 1. The highest BCUT2D eigenvalue weighted by Crippen LogP contribution is 2.25. The quantitative estimate of drug-likeness (QED) is 0.342. The lowest BCUT2D eigenvalue weighted by atomic mass is 10.2. The molecule has 0 amide bonds. The summed E-state index contributed by atoms with van der Waals surface area (Å²) in [5.41, 5.74) is 1.00. The van der Waals surface area contributed by atoms with E-state index in [1.165, 1.54) is 0 Å². The zero-order valence-electron chi connectivity index (χ0n) is 8.40. The second-order valence-corrected chi connectivity index (χ2v) is 3.15. The summed E-state index contributed by atoms with van der Waals surface area (Å²) >= 11 is 0. The molecule has 0 aliphatic carbocycles. The summed E-state index contributed by atoms with van der Waals surface area (Å²) in [4.78, 5) is 3.08. The monoisotopic (exact) mass is 204 g/mol. The van der Waals surface area contributed by atoms with Crippen molar-refractivity contribution in [1.29, 1.82) is 0 Å². The molecule has 0 aliphatic heterocycles. The van der Waals surface area contributed by atoms with E-state index in [2.05, 4.69) is 10.1 Å². The largest absolute Gasteiger partial charge is 0.438 e. The molecule has 1 aromatic carbocycles. The van der Waals surface area contributed by atoms with Crippen LogP contribution in [0.15, 0.2) is 35.6 Å². The van der Waals surface area contributed by atoms with Crippen molar-refractivity contribution in [1.82, 2.24) is 4.98 Å². The van der Waals surface area contributed by atoms with E-state index in [1.54, 1.807) is 6.20 Å². The molecule has 2 aromatic rings. The highest BCUT2D eigenvalue weighted by atomic mass is 16.5. The van der Waals surface area contributed by atoms with E-state index >= 15 is 0 Å². The molecule has 2 N–H and O–H groups in total. The molecule has 4 heteroatoms. The van der Waals surface area contributed by atoms with Gasteiger partial charge in [-0.3, -0.25) is 0 Å². The summed E-state index contributed by atoms with van der Waals surface area (Å²) in [6, 6.07) is 7.80. The van der Waals surface area contributed by atoms with Gasteiger partial charge in [-0.1, -0.05) is 24.2 Å². The molecule has 4 nitrogen and oxygen atoms in total. The van der Waals surface area contributed by atoms with Gasteiger partial charge in [0.2, 0.25) is 5.90 Å². The zero-order chi connectivity index (χ0) is 10.7. The number of oxime groups is 1. The van der Waals surface area contributed by atoms with Crippen LogP contribution in [-0.2, 0) is 0 Å². The first kappa shape index (κ1) is 9.58. The second kappa shape index (κ2) is 4.04. The van der Waals surface area contributed by atoms with Crippen molar-refractivity contribution in [2.24, 2.45) is 5.16 Å². The maximum absolute atomic E-state index is 8.65. The second-order valence-electron chi connectivity index (χ2n) is 3.15. The molecular formula is C11H12N2O2. The number of nitrogens with one attached hydrogen (secondary N) is 1. The molecular weight excluding hydrogens is 192 g/mol. The van der Waals surface area contributed by atoms with Crippen molar-refractivity contribution < 1.29 is 9.94 Å². The summed E-state index contributed by atoms with van der Waals surface area (Å²) in [5, 5.41) is 12.7. The maximum Gasteiger partial charge on any atom is 0.230 e. The topological polar surface area (TPSA) is 57.6 Å². The summed E-state index contributed by atoms with van der Waals surface area (Å²) in [5.74, 6) is 0.986. The van der Waals surface area contributed by atoms with Gasteiger partial charge in [0.05, 0.1) is 0 Å². The molecule has 78 valence electrons. The minimum Gasteiger partial charge on any atom is -0.438 e. The van der Waals surface area contributed by atoms with E-state index < -0.39 is 0 Å². The molecule has 0 saturated heterocycles. The molecule has 1 heterocycles. The van der Waals surface area contributed by atoms with Gasteiger partial charge in [-0.05, 0) is 12.1 Å². The van der Waals surface area contributed by atoms with Crippen molar-refractivity contribution in [2.75, 3.05) is 0 Å². The van der Waals surface area contributed by atoms with Gasteiger partial charge >= 0.3 is 0 Å². The number of hydrogen-bond acceptors (Lipinski definition) is 3. The number of benzene rings is 1. The fraction of sp³-hybridized carbons (Fsp3) is 0.182. The lowest BCUT2D eigenvalue weighted by Gasteiger charge is -2.02. The fourth-order valence-electron chi connectivity index (χ4n) is 1.42. The molecule has 0 atom stereocenters. The summed E-state index contributed by atoms with van der Waals surface area (Å²) in [6.45, 7) is 1.86. The Morgan fingerprint density at radius 2 is 2.27 bits per heavy atom. The van der Waals surface area contributed by atoms with Gasteiger partial charge in [0.1, 0.15) is 0 Å². The minimum atomic E-state index is 0.305. The number of fused-ring (bicyclic) bond motifs is 1. The smallest absolute Gasteiger partial charge is 0.230 e. The van der Waals surface area contributed by atoms with Crippen LogP contribution >= 0.6 is 0 Å². The highest BCUT2D eigenvalue weighted by molar-refractivity contribution is 5.89. The van der Waals surface area contributed by atoms with Crippen molar-refractivity contribution in [3.63, 3.8) is 0 Å². The first-order chi connectivity index (χ1) is 7.35. The number of para-hydroxylation sites is 1. The van der Waals surface area contributed by atoms with Gasteiger partial charge in [-0.15, -0.1) is 0 Å². The molecule has 0 bridgehead atoms. The summed E-state index contributed by atoms with van der Waals surface area (Å²) < 4.78 is 5.43. The molecule has 2 rings (SSSR count). The van der Waals surface area contributed by atoms with E-state index in [4.69, 9.17) is 9.94 Å². The molecule has 0 saturated carbocycles. The van der Waals surface area contributed by atoms with Crippen LogP contribution < -0.4 is 4.74 Å². The number of hydrogen-bond donors (Lipinski definition) is 2. The molecule has 0 spiro atoms. The Morgan fingerprint density at radius 3 is 3.00 bits per heavy atom. The first-order valence-corrected chi connectivity index (χ1v) is 4.80. The average Bonchev–Trinajstić information content (AvgIpc) is 2.69. The van der Waals surface area contributed by atoms with Gasteiger partial charge in [-0.2, -0.15) is 0 Å². The standard InChI is InChI=1S/C11H12N2O2/c1-2-11(13-14)15-10-7-12-9-6-4-3-5-8(9)10/h3-7,12,14H,2H2,1H3. The van der Waals surface area contributed by atoms with Crippen molar-refractivity contribution in [2.45, 2.75) is 13.3 Å². The van der Waals surface area contributed by atoms with Crippen molar-refractivity contribution >= 4 is 16.8 Å². The third-order valence-electron chi connectivity index (χ3n) is 2.19. The normalized spacial score (nSPS) is 11.9. The minimum absolute atomic E-state index is 0.305. The van der Waals surface area contributed by atoms with Crippen LogP contribution in [0.1, 0.15) is 13.3 Å². The van der Waals surface area contributed by atoms with E-state index in [9.17, 15) is 0 Å². The van der Waals surface area contributed by atoms with Crippen molar-refractivity contribution in [3.05, 3.63) is 30.5 Å². The summed E-state index contributed by atoms with van der Waals surface area (Å²) in [7, 11) is 0. The van der Waals surface area contributed by atoms with Crippen LogP contribution in [0.5, 0.6) is 5.75 Å². The van der Waals surface area contributed by atoms with Crippen molar-refractivity contribution in [3.8, 4) is 5.75 Å². The Kier molecular flexibility index (Phi) is 2.58. The number of aromatic amines is 1. The first-order valence-electron chi connectivity index (χ1n) is 4.80. The van der Waals surface area contributed by atoms with Crippen LogP contribution in [0.25, 0.3) is 10.9 Å². The number of rotatable bonds is 2. The Morgan fingerprint density at radius 1 is 1.47 bits per heavy atom. The average molecular weight is 204 g/mol. The van der Waals surface area contributed by atoms with Gasteiger partial charge in [0, 0.05) is 23.5 Å². The predicted octanol–water partition coefficient (Wildman–Crippen LogP) is 2.74. The molecule has 0 fully saturated rings. The highest BCUT2D eigenvalue weighted by Gasteiger charge is 2.06. The molecule has 0 radical (unpaired) electrons. The summed E-state index contributed by atoms with van der Waals surface area (Å²) in [6.07, 6.45) is 2.31. The Hall–Kier alpha value is -1.97. The van der Waals surface area contributed by atoms with E-state index in [-0.39, 0.29) is 0 Å². The Balaban J connectivity index is 2.36. The van der Waals surface area contributed by atoms with E-state index in [0.717, 1.165) is 10.9 Å². The number of H-pyrrole nitrogens is 1. The molecule has 0 aliphatic rings. The number of aromatic nitrogens is 1. The van der Waals surface area contributed by atoms with Gasteiger partial charge in [0.25, 0.3) is 0 Å². The Bertz CT molecular complexity index is 488. The number of nitrogens with zero attached hydrogens (tertiary/aromatic N) is 1. The van der Waals surface area contributed by atoms with Crippen LogP contribution in [0.4, 0.5) is 0 Å². The Labute approximate surface area is 87.2 Å². The van der Waals surface area contributed by atoms with E-state index in [1.807, 2.05) is 31.2 Å². The van der Waals surface area contributed by atoms with Gasteiger partial charge in [0.15, 0.2) is 5.75 Å². The molecule has 0 unspecified atom stereocenters. The molecule has 1 aromatic heterocycles. The van der Waals surface area contributed by atoms with Gasteiger partial charge < -0.3 is 14.9 Å². The molecule has 15 heavy (non-hydrogen) atoms. The van der Waals surface area contributed by atoms with E-state index in [0.29, 0.717) is 18.1 Å². The SMILES string of the molecule is CCC(=NO)Oc1c[nH]c2ccccc12. The zero-order valence-corrected chi connectivity index (χ0v) is 8.40. The van der Waals surface area contributed by atoms with Gasteiger partial charge in [-0.25, -0.2) is 0 Å². The van der Waals surface area contributed by atoms with Crippen LogP contribution in [0, 0.1) is 0 Å². The maximum atomic E-state index is 8.65. The third kappa shape index (κ3) is 1.79. The van der Waals surface area contributed by atoms with Crippen LogP contribution in [0.3, 0.4) is 0 Å². The predicted molar refractivity (Wildman–Crippen MR) is 58.4 cm³/mol.